The molecular formula is C11H13BrClN3. The lowest BCUT2D eigenvalue weighted by Crippen LogP contribution is -2.05. The van der Waals surface area contributed by atoms with Crippen LogP contribution in [0.25, 0.3) is 0 Å². The van der Waals surface area contributed by atoms with E-state index in [1.807, 2.05) is 0 Å². The van der Waals surface area contributed by atoms with Crippen molar-refractivity contribution in [1.82, 2.24) is 9.97 Å². The zero-order valence-corrected chi connectivity index (χ0v) is 11.2. The minimum absolute atomic E-state index is 0.442. The number of nitrogens with zero attached hydrogens (tertiary/aromatic N) is 2. The number of hydrogen-bond donors (Lipinski definition) is 1. The molecule has 5 heteroatoms. The summed E-state index contributed by atoms with van der Waals surface area (Å²) in [6, 6.07) is 0. The molecule has 1 aromatic rings. The summed E-state index contributed by atoms with van der Waals surface area (Å²) in [5, 5.41) is 3.70. The fourth-order valence-corrected chi connectivity index (χ4v) is 2.26. The first-order valence-corrected chi connectivity index (χ1v) is 6.52. The lowest BCUT2D eigenvalue weighted by atomic mass is 10.2. The Bertz CT molecular complexity index is 406. The molecule has 1 aliphatic rings. The van der Waals surface area contributed by atoms with Crippen molar-refractivity contribution in [2.75, 3.05) is 11.9 Å². The molecule has 1 aliphatic carbocycles. The first-order valence-electron chi connectivity index (χ1n) is 5.35. The van der Waals surface area contributed by atoms with Crippen molar-refractivity contribution in [2.24, 2.45) is 0 Å². The van der Waals surface area contributed by atoms with Gasteiger partial charge < -0.3 is 5.32 Å². The molecular weight excluding hydrogens is 289 g/mol. The average molecular weight is 303 g/mol. The molecule has 1 heterocycles. The molecule has 0 unspecified atom stereocenters. The number of anilines is 1. The molecule has 86 valence electrons. The molecule has 0 fully saturated rings. The fourth-order valence-electron chi connectivity index (χ4n) is 1.78. The molecule has 0 bridgehead atoms. The average Bonchev–Trinajstić information content (AvgIpc) is 2.77. The zero-order valence-electron chi connectivity index (χ0n) is 8.84. The number of nitrogens with one attached hydrogen (secondary N) is 1. The second-order valence-electron chi connectivity index (χ2n) is 3.76. The van der Waals surface area contributed by atoms with Crippen molar-refractivity contribution in [2.45, 2.75) is 25.7 Å². The SMILES string of the molecule is Clc1ncnc(NCCC2=CCCC2)c1Br. The van der Waals surface area contributed by atoms with Crippen molar-refractivity contribution in [3.8, 4) is 0 Å². The summed E-state index contributed by atoms with van der Waals surface area (Å²) in [5.41, 5.74) is 1.55. The predicted octanol–water partition coefficient (Wildman–Crippen LogP) is 3.80. The number of halogens is 2. The lowest BCUT2D eigenvalue weighted by Gasteiger charge is -2.08. The molecule has 0 aliphatic heterocycles. The highest BCUT2D eigenvalue weighted by Gasteiger charge is 2.07. The topological polar surface area (TPSA) is 37.8 Å². The highest BCUT2D eigenvalue weighted by Crippen LogP contribution is 2.26. The van der Waals surface area contributed by atoms with Crippen LogP contribution >= 0.6 is 27.5 Å². The maximum absolute atomic E-state index is 5.87. The Hall–Kier alpha value is -0.610. The van der Waals surface area contributed by atoms with Gasteiger partial charge in [-0.1, -0.05) is 23.3 Å². The highest BCUT2D eigenvalue weighted by molar-refractivity contribution is 9.10. The van der Waals surface area contributed by atoms with Crippen LogP contribution in [0.2, 0.25) is 5.15 Å². The largest absolute Gasteiger partial charge is 0.369 e. The minimum atomic E-state index is 0.442. The highest BCUT2D eigenvalue weighted by atomic mass is 79.9. The Morgan fingerprint density at radius 3 is 3.06 bits per heavy atom. The zero-order chi connectivity index (χ0) is 11.4. The van der Waals surface area contributed by atoms with E-state index in [9.17, 15) is 0 Å². The van der Waals surface area contributed by atoms with Crippen LogP contribution in [0.5, 0.6) is 0 Å². The number of hydrogen-bond acceptors (Lipinski definition) is 3. The van der Waals surface area contributed by atoms with Gasteiger partial charge in [-0.2, -0.15) is 0 Å². The number of aromatic nitrogens is 2. The molecule has 1 N–H and O–H groups in total. The summed E-state index contributed by atoms with van der Waals surface area (Å²) < 4.78 is 0.733. The van der Waals surface area contributed by atoms with E-state index in [2.05, 4.69) is 37.3 Å². The van der Waals surface area contributed by atoms with Crippen LogP contribution in [0.15, 0.2) is 22.4 Å². The molecule has 16 heavy (non-hydrogen) atoms. The third-order valence-electron chi connectivity index (χ3n) is 2.62. The predicted molar refractivity (Wildman–Crippen MR) is 69.8 cm³/mol. The van der Waals surface area contributed by atoms with Gasteiger partial charge in [-0.3, -0.25) is 0 Å². The van der Waals surface area contributed by atoms with Gasteiger partial charge in [-0.15, -0.1) is 0 Å². The van der Waals surface area contributed by atoms with Gasteiger partial charge in [-0.25, -0.2) is 9.97 Å². The van der Waals surface area contributed by atoms with Gasteiger partial charge in [0.2, 0.25) is 0 Å². The molecule has 0 atom stereocenters. The molecule has 2 rings (SSSR count). The molecule has 0 saturated carbocycles. The second kappa shape index (κ2) is 5.64. The summed E-state index contributed by atoms with van der Waals surface area (Å²) in [5.74, 6) is 0.763. The Labute approximate surface area is 108 Å². The first-order chi connectivity index (χ1) is 7.77. The monoisotopic (exact) mass is 301 g/mol. The summed E-state index contributed by atoms with van der Waals surface area (Å²) in [6.07, 6.45) is 8.66. The minimum Gasteiger partial charge on any atom is -0.369 e. The van der Waals surface area contributed by atoms with Crippen molar-refractivity contribution in [3.63, 3.8) is 0 Å². The van der Waals surface area contributed by atoms with Crippen molar-refractivity contribution in [1.29, 1.82) is 0 Å². The third kappa shape index (κ3) is 2.95. The van der Waals surface area contributed by atoms with Crippen molar-refractivity contribution in [3.05, 3.63) is 27.6 Å². The Kier molecular flexibility index (Phi) is 4.18. The normalized spacial score (nSPS) is 15.0. The van der Waals surface area contributed by atoms with Crippen molar-refractivity contribution >= 4 is 33.3 Å². The van der Waals surface area contributed by atoms with E-state index in [-0.39, 0.29) is 0 Å². The van der Waals surface area contributed by atoms with E-state index < -0.39 is 0 Å². The van der Waals surface area contributed by atoms with Gasteiger partial charge in [0.15, 0.2) is 0 Å². The van der Waals surface area contributed by atoms with Crippen LogP contribution < -0.4 is 5.32 Å². The van der Waals surface area contributed by atoms with Gasteiger partial charge in [0.05, 0.1) is 4.47 Å². The lowest BCUT2D eigenvalue weighted by molar-refractivity contribution is 0.861. The Morgan fingerprint density at radius 2 is 2.31 bits per heavy atom. The molecule has 3 nitrogen and oxygen atoms in total. The van der Waals surface area contributed by atoms with E-state index in [4.69, 9.17) is 11.6 Å². The molecule has 0 amide bonds. The molecule has 0 spiro atoms. The molecule has 0 radical (unpaired) electrons. The fraction of sp³-hybridized carbons (Fsp3) is 0.455. The van der Waals surface area contributed by atoms with Gasteiger partial charge in [-0.05, 0) is 41.6 Å². The Balaban J connectivity index is 1.87. The quantitative estimate of drug-likeness (QED) is 0.679. The summed E-state index contributed by atoms with van der Waals surface area (Å²) in [7, 11) is 0. The summed E-state index contributed by atoms with van der Waals surface area (Å²) in [6.45, 7) is 0.887. The van der Waals surface area contributed by atoms with Crippen LogP contribution in [-0.4, -0.2) is 16.5 Å². The van der Waals surface area contributed by atoms with E-state index in [1.54, 1.807) is 5.57 Å². The Morgan fingerprint density at radius 1 is 1.44 bits per heavy atom. The first kappa shape index (κ1) is 11.9. The van der Waals surface area contributed by atoms with Gasteiger partial charge in [0.25, 0.3) is 0 Å². The number of allylic oxidation sites excluding steroid dienone is 1. The van der Waals surface area contributed by atoms with Crippen LogP contribution in [0.3, 0.4) is 0 Å². The van der Waals surface area contributed by atoms with E-state index in [0.29, 0.717) is 5.15 Å². The van der Waals surface area contributed by atoms with Gasteiger partial charge in [0, 0.05) is 6.54 Å². The van der Waals surface area contributed by atoms with E-state index in [0.717, 1.165) is 23.3 Å². The maximum Gasteiger partial charge on any atom is 0.148 e. The van der Waals surface area contributed by atoms with Crippen LogP contribution in [0.4, 0.5) is 5.82 Å². The summed E-state index contributed by atoms with van der Waals surface area (Å²) in [4.78, 5) is 8.01. The maximum atomic E-state index is 5.87. The van der Waals surface area contributed by atoms with Crippen LogP contribution in [0.1, 0.15) is 25.7 Å². The second-order valence-corrected chi connectivity index (χ2v) is 4.91. The van der Waals surface area contributed by atoms with E-state index >= 15 is 0 Å². The van der Waals surface area contributed by atoms with Crippen LogP contribution in [-0.2, 0) is 0 Å². The smallest absolute Gasteiger partial charge is 0.148 e. The summed E-state index contributed by atoms with van der Waals surface area (Å²) >= 11 is 9.23. The third-order valence-corrected chi connectivity index (χ3v) is 3.89. The number of rotatable bonds is 4. The van der Waals surface area contributed by atoms with Crippen molar-refractivity contribution < 1.29 is 0 Å². The molecule has 0 saturated heterocycles. The van der Waals surface area contributed by atoms with Crippen LogP contribution in [0, 0.1) is 0 Å². The molecule has 1 aromatic heterocycles. The van der Waals surface area contributed by atoms with E-state index in [1.165, 1.54) is 25.6 Å². The van der Waals surface area contributed by atoms with Gasteiger partial charge >= 0.3 is 0 Å². The molecule has 0 aromatic carbocycles. The van der Waals surface area contributed by atoms with Gasteiger partial charge in [0.1, 0.15) is 17.3 Å². The standard InChI is InChI=1S/C11H13BrClN3/c12-9-10(13)15-7-16-11(9)14-6-5-8-3-1-2-4-8/h3,7H,1-2,4-6H2,(H,14,15,16).